The number of hydrogen-bond donors (Lipinski definition) is 1. The van der Waals surface area contributed by atoms with E-state index in [0.29, 0.717) is 0 Å². The van der Waals surface area contributed by atoms with Crippen LogP contribution < -0.4 is 5.43 Å². The lowest BCUT2D eigenvalue weighted by molar-refractivity contribution is 0.620. The van der Waals surface area contributed by atoms with Crippen LogP contribution in [-0.4, -0.2) is 5.71 Å². The van der Waals surface area contributed by atoms with Crippen LogP contribution in [0, 0.1) is 0 Å². The highest BCUT2D eigenvalue weighted by Gasteiger charge is 2.20. The Morgan fingerprint density at radius 2 is 1.47 bits per heavy atom. The molecule has 2 aromatic carbocycles. The van der Waals surface area contributed by atoms with Gasteiger partial charge in [0.2, 0.25) is 0 Å². The van der Waals surface area contributed by atoms with Crippen LogP contribution >= 0.6 is 31.9 Å². The van der Waals surface area contributed by atoms with E-state index < -0.39 is 0 Å². The summed E-state index contributed by atoms with van der Waals surface area (Å²) >= 11 is 6.91. The fourth-order valence-corrected chi connectivity index (χ4v) is 2.68. The van der Waals surface area contributed by atoms with E-state index in [4.69, 9.17) is 0 Å². The van der Waals surface area contributed by atoms with Gasteiger partial charge in [-0.05, 0) is 35.4 Å². The van der Waals surface area contributed by atoms with Gasteiger partial charge in [0.15, 0.2) is 0 Å². The lowest BCUT2D eigenvalue weighted by Gasteiger charge is -2.10. The van der Waals surface area contributed by atoms with E-state index in [0.717, 1.165) is 21.1 Å². The topological polar surface area (TPSA) is 24.4 Å². The van der Waals surface area contributed by atoms with Gasteiger partial charge in [0, 0.05) is 15.4 Å². The predicted molar refractivity (Wildman–Crippen MR) is 85.3 cm³/mol. The molecular weight excluding hydrogens is 368 g/mol. The highest BCUT2D eigenvalue weighted by molar-refractivity contribution is 9.10. The Hall–Kier alpha value is -1.13. The summed E-state index contributed by atoms with van der Waals surface area (Å²) in [5, 5.41) is 4.46. The summed E-state index contributed by atoms with van der Waals surface area (Å²) in [4.78, 5) is 0. The molecule has 0 spiro atoms. The minimum atomic E-state index is 0.270. The number of nitrogens with zero attached hydrogens (tertiary/aromatic N) is 1. The molecule has 1 atom stereocenters. The Morgan fingerprint density at radius 3 is 2.11 bits per heavy atom. The van der Waals surface area contributed by atoms with Crippen molar-refractivity contribution in [2.75, 3.05) is 0 Å². The average molecular weight is 380 g/mol. The molecule has 1 heterocycles. The summed E-state index contributed by atoms with van der Waals surface area (Å²) in [6.07, 6.45) is 0.920. The van der Waals surface area contributed by atoms with Crippen molar-refractivity contribution in [2.45, 2.75) is 12.5 Å². The van der Waals surface area contributed by atoms with Gasteiger partial charge in [0.25, 0.3) is 0 Å². The second kappa shape index (κ2) is 5.47. The first-order valence-corrected chi connectivity index (χ1v) is 7.64. The lowest BCUT2D eigenvalue weighted by atomic mass is 9.99. The fourth-order valence-electron chi connectivity index (χ4n) is 2.15. The third kappa shape index (κ3) is 2.90. The van der Waals surface area contributed by atoms with Crippen LogP contribution in [0.15, 0.2) is 62.6 Å². The van der Waals surface area contributed by atoms with Gasteiger partial charge in [-0.3, -0.25) is 0 Å². The van der Waals surface area contributed by atoms with Gasteiger partial charge in [0.05, 0.1) is 11.8 Å². The van der Waals surface area contributed by atoms with Crippen molar-refractivity contribution in [3.63, 3.8) is 0 Å². The molecule has 0 amide bonds. The van der Waals surface area contributed by atoms with Gasteiger partial charge in [0.1, 0.15) is 0 Å². The van der Waals surface area contributed by atoms with E-state index >= 15 is 0 Å². The minimum Gasteiger partial charge on any atom is -0.302 e. The first-order chi connectivity index (χ1) is 9.22. The Labute approximate surface area is 129 Å². The van der Waals surface area contributed by atoms with Crippen LogP contribution in [0.3, 0.4) is 0 Å². The first-order valence-electron chi connectivity index (χ1n) is 6.06. The van der Waals surface area contributed by atoms with E-state index in [2.05, 4.69) is 78.8 Å². The van der Waals surface area contributed by atoms with Crippen molar-refractivity contribution in [2.24, 2.45) is 5.10 Å². The van der Waals surface area contributed by atoms with Crippen molar-refractivity contribution in [1.82, 2.24) is 5.43 Å². The quantitative estimate of drug-likeness (QED) is 0.806. The molecule has 0 saturated heterocycles. The largest absolute Gasteiger partial charge is 0.302 e. The maximum Gasteiger partial charge on any atom is 0.0745 e. The second-order valence-electron chi connectivity index (χ2n) is 4.50. The summed E-state index contributed by atoms with van der Waals surface area (Å²) in [6, 6.07) is 16.9. The molecule has 0 aromatic heterocycles. The molecule has 0 fully saturated rings. The second-order valence-corrected chi connectivity index (χ2v) is 6.33. The van der Waals surface area contributed by atoms with Gasteiger partial charge >= 0.3 is 0 Å². The van der Waals surface area contributed by atoms with Crippen LogP contribution in [0.1, 0.15) is 23.6 Å². The number of hydrazone groups is 1. The summed E-state index contributed by atoms with van der Waals surface area (Å²) in [5.74, 6) is 0. The Morgan fingerprint density at radius 1 is 0.895 bits per heavy atom. The van der Waals surface area contributed by atoms with E-state index in [1.807, 2.05) is 12.1 Å². The molecule has 0 radical (unpaired) electrons. The summed E-state index contributed by atoms with van der Waals surface area (Å²) in [7, 11) is 0. The molecule has 0 bridgehead atoms. The summed E-state index contributed by atoms with van der Waals surface area (Å²) < 4.78 is 2.19. The zero-order valence-electron chi connectivity index (χ0n) is 10.1. The standard InChI is InChI=1S/C15H12Br2N2/c16-12-5-1-10(2-6-12)14-9-15(19-18-14)11-3-7-13(17)8-4-11/h1-8,14,18H,9H2/t14-/m0/s1. The molecule has 19 heavy (non-hydrogen) atoms. The molecule has 2 nitrogen and oxygen atoms in total. The normalized spacial score (nSPS) is 18.0. The van der Waals surface area contributed by atoms with Crippen LogP contribution in [-0.2, 0) is 0 Å². The maximum atomic E-state index is 4.46. The number of rotatable bonds is 2. The SMILES string of the molecule is Brc1ccc(C2=NN[C@H](c3ccc(Br)cc3)C2)cc1. The molecule has 0 unspecified atom stereocenters. The van der Waals surface area contributed by atoms with Gasteiger partial charge in [-0.2, -0.15) is 5.10 Å². The van der Waals surface area contributed by atoms with Crippen LogP contribution in [0.4, 0.5) is 0 Å². The van der Waals surface area contributed by atoms with Crippen molar-refractivity contribution < 1.29 is 0 Å². The van der Waals surface area contributed by atoms with E-state index in [9.17, 15) is 0 Å². The first kappa shape index (κ1) is 12.9. The number of halogens is 2. The molecule has 96 valence electrons. The molecule has 0 saturated carbocycles. The Balaban J connectivity index is 1.76. The van der Waals surface area contributed by atoms with Crippen LogP contribution in [0.25, 0.3) is 0 Å². The number of nitrogens with one attached hydrogen (secondary N) is 1. The molecule has 3 rings (SSSR count). The summed E-state index contributed by atoms with van der Waals surface area (Å²) in [6.45, 7) is 0. The van der Waals surface area contributed by atoms with Crippen LogP contribution in [0.5, 0.6) is 0 Å². The van der Waals surface area contributed by atoms with Crippen molar-refractivity contribution in [3.8, 4) is 0 Å². The van der Waals surface area contributed by atoms with E-state index in [1.165, 1.54) is 11.1 Å². The zero-order chi connectivity index (χ0) is 13.2. The lowest BCUT2D eigenvalue weighted by Crippen LogP contribution is -2.09. The van der Waals surface area contributed by atoms with Crippen molar-refractivity contribution in [3.05, 3.63) is 68.6 Å². The van der Waals surface area contributed by atoms with Crippen molar-refractivity contribution >= 4 is 37.6 Å². The molecule has 4 heteroatoms. The zero-order valence-corrected chi connectivity index (χ0v) is 13.3. The molecule has 1 aliphatic heterocycles. The Kier molecular flexibility index (Phi) is 3.71. The van der Waals surface area contributed by atoms with Gasteiger partial charge in [-0.25, -0.2) is 0 Å². The van der Waals surface area contributed by atoms with Crippen molar-refractivity contribution in [1.29, 1.82) is 0 Å². The average Bonchev–Trinajstić information content (AvgIpc) is 2.90. The minimum absolute atomic E-state index is 0.270. The fraction of sp³-hybridized carbons (Fsp3) is 0.133. The molecule has 0 aliphatic carbocycles. The monoisotopic (exact) mass is 378 g/mol. The number of hydrogen-bond acceptors (Lipinski definition) is 2. The third-order valence-corrected chi connectivity index (χ3v) is 4.26. The van der Waals surface area contributed by atoms with Gasteiger partial charge < -0.3 is 5.43 Å². The highest BCUT2D eigenvalue weighted by atomic mass is 79.9. The molecule has 1 aliphatic rings. The molecule has 1 N–H and O–H groups in total. The van der Waals surface area contributed by atoms with Gasteiger partial charge in [-0.15, -0.1) is 0 Å². The number of benzene rings is 2. The van der Waals surface area contributed by atoms with E-state index in [1.54, 1.807) is 0 Å². The Bertz CT molecular complexity index is 603. The van der Waals surface area contributed by atoms with Gasteiger partial charge in [-0.1, -0.05) is 56.1 Å². The predicted octanol–water partition coefficient (Wildman–Crippen LogP) is 4.65. The highest BCUT2D eigenvalue weighted by Crippen LogP contribution is 2.26. The smallest absolute Gasteiger partial charge is 0.0745 e. The van der Waals surface area contributed by atoms with E-state index in [-0.39, 0.29) is 6.04 Å². The van der Waals surface area contributed by atoms with Crippen LogP contribution in [0.2, 0.25) is 0 Å². The maximum absolute atomic E-state index is 4.46. The molecule has 2 aromatic rings. The third-order valence-electron chi connectivity index (χ3n) is 3.20. The molecular formula is C15H12Br2N2. The summed E-state index contributed by atoms with van der Waals surface area (Å²) in [5.41, 5.74) is 6.77.